The quantitative estimate of drug-likeness (QED) is 0.834. The highest BCUT2D eigenvalue weighted by Crippen LogP contribution is 2.48. The average Bonchev–Trinajstić information content (AvgIpc) is 3.37. The van der Waals surface area contributed by atoms with Gasteiger partial charge >= 0.3 is 0 Å². The number of fused-ring (bicyclic) bond motifs is 1. The summed E-state index contributed by atoms with van der Waals surface area (Å²) >= 11 is 0. The van der Waals surface area contributed by atoms with Crippen LogP contribution in [-0.4, -0.2) is 31.1 Å². The van der Waals surface area contributed by atoms with E-state index in [-0.39, 0.29) is 17.2 Å². The molecule has 126 valence electrons. The Labute approximate surface area is 144 Å². The molecule has 0 radical (unpaired) electrons. The van der Waals surface area contributed by atoms with Crippen LogP contribution in [0.1, 0.15) is 41.9 Å². The van der Waals surface area contributed by atoms with Crippen molar-refractivity contribution in [2.45, 2.75) is 42.9 Å². The molecule has 0 spiro atoms. The number of likely N-dealkylation sites (N-methyl/N-ethyl adjacent to an activating group) is 1. The molecule has 4 atom stereocenters. The molecule has 4 unspecified atom stereocenters. The van der Waals surface area contributed by atoms with Crippen LogP contribution in [0.4, 0.5) is 0 Å². The lowest BCUT2D eigenvalue weighted by atomic mass is 9.74. The number of sulfonamides is 1. The molecule has 0 heterocycles. The Balaban J connectivity index is 1.49. The van der Waals surface area contributed by atoms with Gasteiger partial charge in [-0.1, -0.05) is 54.6 Å². The van der Waals surface area contributed by atoms with Gasteiger partial charge in [-0.05, 0) is 36.5 Å². The third kappa shape index (κ3) is 2.49. The monoisotopic (exact) mass is 341 g/mol. The van der Waals surface area contributed by atoms with Crippen LogP contribution in [0.3, 0.4) is 0 Å². The lowest BCUT2D eigenvalue weighted by Gasteiger charge is -2.38. The maximum Gasteiger partial charge on any atom is 0.217 e. The summed E-state index contributed by atoms with van der Waals surface area (Å²) in [5.41, 5.74) is 3.80. The van der Waals surface area contributed by atoms with E-state index >= 15 is 0 Å². The summed E-state index contributed by atoms with van der Waals surface area (Å²) in [5.74, 6) is 0.467. The smallest absolute Gasteiger partial charge is 0.212 e. The van der Waals surface area contributed by atoms with E-state index in [0.29, 0.717) is 5.92 Å². The molecule has 0 N–H and O–H groups in total. The molecule has 2 aromatic rings. The van der Waals surface area contributed by atoms with Crippen LogP contribution in [0.5, 0.6) is 0 Å². The molecule has 2 aliphatic rings. The number of hydrogen-bond acceptors (Lipinski definition) is 2. The standard InChI is InChI=1S/C20H23NO2S/c1-14(18-12-16-10-6-7-11-17(16)18)21(2)24(22,23)20-13-19(20)15-8-4-3-5-9-15/h3-11,14,18-20H,12-13H2,1-2H3. The molecule has 0 aliphatic heterocycles. The zero-order valence-corrected chi connectivity index (χ0v) is 14.9. The van der Waals surface area contributed by atoms with E-state index in [0.717, 1.165) is 18.4 Å². The highest BCUT2D eigenvalue weighted by atomic mass is 32.2. The third-order valence-corrected chi connectivity index (χ3v) is 8.22. The van der Waals surface area contributed by atoms with E-state index in [1.54, 1.807) is 11.4 Å². The largest absolute Gasteiger partial charge is 0.217 e. The molecular formula is C20H23NO2S. The first kappa shape index (κ1) is 15.9. The van der Waals surface area contributed by atoms with E-state index in [1.807, 2.05) is 43.3 Å². The van der Waals surface area contributed by atoms with Crippen LogP contribution in [0.2, 0.25) is 0 Å². The van der Waals surface area contributed by atoms with Crippen molar-refractivity contribution in [3.63, 3.8) is 0 Å². The molecule has 1 saturated carbocycles. The van der Waals surface area contributed by atoms with Gasteiger partial charge in [0, 0.05) is 24.9 Å². The van der Waals surface area contributed by atoms with Crippen molar-refractivity contribution in [1.29, 1.82) is 0 Å². The second kappa shape index (κ2) is 5.71. The molecule has 4 rings (SSSR count). The van der Waals surface area contributed by atoms with Gasteiger partial charge < -0.3 is 0 Å². The van der Waals surface area contributed by atoms with Gasteiger partial charge in [-0.25, -0.2) is 12.7 Å². The number of nitrogens with zero attached hydrogens (tertiary/aromatic N) is 1. The molecule has 0 amide bonds. The molecule has 2 aromatic carbocycles. The van der Waals surface area contributed by atoms with E-state index in [1.165, 1.54) is 11.1 Å². The fourth-order valence-corrected chi connectivity index (χ4v) is 6.04. The Kier molecular flexibility index (Phi) is 3.77. The second-order valence-electron chi connectivity index (χ2n) is 7.10. The molecule has 2 aliphatic carbocycles. The highest BCUT2D eigenvalue weighted by Gasteiger charge is 2.51. The highest BCUT2D eigenvalue weighted by molar-refractivity contribution is 7.90. The minimum absolute atomic E-state index is 0.00178. The number of hydrogen-bond donors (Lipinski definition) is 0. The van der Waals surface area contributed by atoms with Gasteiger partial charge in [0.25, 0.3) is 0 Å². The van der Waals surface area contributed by atoms with Gasteiger partial charge in [0.05, 0.1) is 5.25 Å². The van der Waals surface area contributed by atoms with E-state index in [2.05, 4.69) is 18.2 Å². The second-order valence-corrected chi connectivity index (χ2v) is 9.31. The zero-order valence-electron chi connectivity index (χ0n) is 14.1. The zero-order chi connectivity index (χ0) is 16.9. The Morgan fingerprint density at radius 1 is 1.04 bits per heavy atom. The first-order chi connectivity index (χ1) is 11.5. The van der Waals surface area contributed by atoms with Gasteiger partial charge in [-0.2, -0.15) is 0 Å². The molecule has 1 fully saturated rings. The number of rotatable bonds is 5. The van der Waals surface area contributed by atoms with E-state index < -0.39 is 10.0 Å². The molecule has 3 nitrogen and oxygen atoms in total. The lowest BCUT2D eigenvalue weighted by Crippen LogP contribution is -2.44. The van der Waals surface area contributed by atoms with Gasteiger partial charge in [0.15, 0.2) is 0 Å². The summed E-state index contributed by atoms with van der Waals surface area (Å²) in [6.07, 6.45) is 1.72. The molecule has 0 aromatic heterocycles. The maximum atomic E-state index is 13.0. The molecule has 4 heteroatoms. The van der Waals surface area contributed by atoms with Crippen LogP contribution >= 0.6 is 0 Å². The maximum absolute atomic E-state index is 13.0. The summed E-state index contributed by atoms with van der Waals surface area (Å²) in [6, 6.07) is 18.4. The van der Waals surface area contributed by atoms with E-state index in [4.69, 9.17) is 0 Å². The number of benzene rings is 2. The molecule has 24 heavy (non-hydrogen) atoms. The topological polar surface area (TPSA) is 37.4 Å². The predicted molar refractivity (Wildman–Crippen MR) is 96.6 cm³/mol. The van der Waals surface area contributed by atoms with Gasteiger partial charge in [0.2, 0.25) is 10.0 Å². The summed E-state index contributed by atoms with van der Waals surface area (Å²) in [6.45, 7) is 2.04. The lowest BCUT2D eigenvalue weighted by molar-refractivity contribution is 0.319. The van der Waals surface area contributed by atoms with Gasteiger partial charge in [-0.3, -0.25) is 0 Å². The van der Waals surface area contributed by atoms with Crippen molar-refractivity contribution in [1.82, 2.24) is 4.31 Å². The molecule has 0 saturated heterocycles. The third-order valence-electron chi connectivity index (χ3n) is 5.79. The Morgan fingerprint density at radius 2 is 1.71 bits per heavy atom. The fourth-order valence-electron chi connectivity index (χ4n) is 3.98. The summed E-state index contributed by atoms with van der Waals surface area (Å²) in [4.78, 5) is 0. The summed E-state index contributed by atoms with van der Waals surface area (Å²) in [5, 5.41) is -0.261. The van der Waals surface area contributed by atoms with E-state index in [9.17, 15) is 8.42 Å². The van der Waals surface area contributed by atoms with Crippen molar-refractivity contribution >= 4 is 10.0 Å². The van der Waals surface area contributed by atoms with Crippen molar-refractivity contribution in [2.75, 3.05) is 7.05 Å². The Hall–Kier alpha value is -1.65. The predicted octanol–water partition coefficient (Wildman–Crippen LogP) is 3.53. The summed E-state index contributed by atoms with van der Waals surface area (Å²) in [7, 11) is -1.50. The SMILES string of the molecule is CC(C1Cc2ccccc21)N(C)S(=O)(=O)C1CC1c1ccccc1. The van der Waals surface area contributed by atoms with Crippen LogP contribution < -0.4 is 0 Å². The van der Waals surface area contributed by atoms with Crippen LogP contribution in [0.15, 0.2) is 54.6 Å². The minimum Gasteiger partial charge on any atom is -0.212 e. The van der Waals surface area contributed by atoms with Crippen LogP contribution in [0.25, 0.3) is 0 Å². The molecule has 0 bridgehead atoms. The van der Waals surface area contributed by atoms with Crippen molar-refractivity contribution in [2.24, 2.45) is 0 Å². The first-order valence-electron chi connectivity index (χ1n) is 8.59. The van der Waals surface area contributed by atoms with Crippen molar-refractivity contribution in [3.05, 3.63) is 71.3 Å². The Bertz CT molecular complexity index is 847. The first-order valence-corrected chi connectivity index (χ1v) is 10.1. The normalized spacial score (nSPS) is 26.5. The van der Waals surface area contributed by atoms with Gasteiger partial charge in [-0.15, -0.1) is 0 Å². The fraction of sp³-hybridized carbons (Fsp3) is 0.400. The van der Waals surface area contributed by atoms with Crippen molar-refractivity contribution in [3.8, 4) is 0 Å². The van der Waals surface area contributed by atoms with Crippen molar-refractivity contribution < 1.29 is 8.42 Å². The molecular weight excluding hydrogens is 318 g/mol. The van der Waals surface area contributed by atoms with Crippen LogP contribution in [0, 0.1) is 0 Å². The minimum atomic E-state index is -3.25. The van der Waals surface area contributed by atoms with Gasteiger partial charge in [0.1, 0.15) is 0 Å². The average molecular weight is 341 g/mol. The summed E-state index contributed by atoms with van der Waals surface area (Å²) < 4.78 is 27.6. The Morgan fingerprint density at radius 3 is 2.42 bits per heavy atom. The van der Waals surface area contributed by atoms with Crippen LogP contribution in [-0.2, 0) is 16.4 Å².